The van der Waals surface area contributed by atoms with Gasteiger partial charge in [0.05, 0.1) is 5.69 Å². The Balaban J connectivity index is 1.33. The molecule has 0 unspecified atom stereocenters. The van der Waals surface area contributed by atoms with Crippen LogP contribution in [0.2, 0.25) is 0 Å². The Bertz CT molecular complexity index is 1060. The highest BCUT2D eigenvalue weighted by Gasteiger charge is 2.22. The molecule has 1 atom stereocenters. The molecule has 1 aliphatic rings. The molecule has 0 saturated carbocycles. The number of anilines is 2. The molecule has 1 saturated heterocycles. The van der Waals surface area contributed by atoms with Gasteiger partial charge in [-0.2, -0.15) is 0 Å². The van der Waals surface area contributed by atoms with Crippen LogP contribution in [0.5, 0.6) is 0 Å². The maximum atomic E-state index is 12.6. The van der Waals surface area contributed by atoms with Gasteiger partial charge in [0.25, 0.3) is 5.91 Å². The largest absolute Gasteiger partial charge is 0.397 e. The molecular weight excluding hydrogens is 406 g/mol. The second kappa shape index (κ2) is 9.24. The van der Waals surface area contributed by atoms with E-state index in [0.717, 1.165) is 42.0 Å². The molecule has 1 fully saturated rings. The first-order valence-electron chi connectivity index (χ1n) is 10.9. The monoisotopic (exact) mass is 437 g/mol. The summed E-state index contributed by atoms with van der Waals surface area (Å²) in [6.07, 6.45) is 0.782. The maximum Gasteiger partial charge on any atom is 0.263 e. The van der Waals surface area contributed by atoms with Gasteiger partial charge in [0.2, 0.25) is 0 Å². The van der Waals surface area contributed by atoms with Gasteiger partial charge in [-0.1, -0.05) is 26.0 Å². The van der Waals surface area contributed by atoms with Gasteiger partial charge in [-0.3, -0.25) is 4.79 Å². The fraction of sp³-hybridized carbons (Fsp3) is 0.417. The number of rotatable bonds is 6. The van der Waals surface area contributed by atoms with Crippen LogP contribution < -0.4 is 21.3 Å². The van der Waals surface area contributed by atoms with Crippen LogP contribution >= 0.6 is 11.3 Å². The number of nitrogens with zero attached hydrogens (tertiary/aromatic N) is 2. The lowest BCUT2D eigenvalue weighted by Crippen LogP contribution is -2.52. The van der Waals surface area contributed by atoms with Crippen molar-refractivity contribution in [3.63, 3.8) is 0 Å². The minimum atomic E-state index is -0.129. The van der Waals surface area contributed by atoms with E-state index >= 15 is 0 Å². The number of aryl methyl sites for hydroxylation is 1. The Labute approximate surface area is 187 Å². The lowest BCUT2D eigenvalue weighted by atomic mass is 10.0. The second-order valence-electron chi connectivity index (χ2n) is 8.57. The Morgan fingerprint density at radius 1 is 1.29 bits per heavy atom. The molecule has 6 nitrogen and oxygen atoms in total. The molecule has 1 amide bonds. The number of thiophene rings is 1. The lowest BCUT2D eigenvalue weighted by molar-refractivity contribution is 0.0959. The van der Waals surface area contributed by atoms with E-state index in [4.69, 9.17) is 5.73 Å². The Hall–Kier alpha value is -2.64. The van der Waals surface area contributed by atoms with E-state index in [0.29, 0.717) is 29.1 Å². The normalized spacial score (nSPS) is 16.8. The van der Waals surface area contributed by atoms with E-state index in [1.807, 2.05) is 19.1 Å². The molecule has 7 heteroatoms. The molecule has 2 aromatic heterocycles. The van der Waals surface area contributed by atoms with Crippen molar-refractivity contribution < 1.29 is 4.79 Å². The van der Waals surface area contributed by atoms with Gasteiger partial charge >= 0.3 is 0 Å². The van der Waals surface area contributed by atoms with Crippen LogP contribution in [0, 0.1) is 12.8 Å². The fourth-order valence-corrected chi connectivity index (χ4v) is 5.05. The van der Waals surface area contributed by atoms with Crippen molar-refractivity contribution in [2.75, 3.05) is 36.8 Å². The number of piperazine rings is 1. The van der Waals surface area contributed by atoms with Crippen LogP contribution in [-0.4, -0.2) is 43.1 Å². The molecule has 164 valence electrons. The van der Waals surface area contributed by atoms with E-state index in [9.17, 15) is 4.79 Å². The summed E-state index contributed by atoms with van der Waals surface area (Å²) in [6, 6.07) is 13.1. The predicted molar refractivity (Wildman–Crippen MR) is 130 cm³/mol. The highest BCUT2D eigenvalue weighted by Crippen LogP contribution is 2.32. The van der Waals surface area contributed by atoms with Crippen LogP contribution in [0.1, 0.15) is 34.8 Å². The number of aromatic nitrogens is 1. The molecule has 1 aromatic carbocycles. The van der Waals surface area contributed by atoms with Crippen molar-refractivity contribution in [1.82, 2.24) is 15.6 Å². The Morgan fingerprint density at radius 2 is 2.06 bits per heavy atom. The standard InChI is InChI=1S/C24H31N5OS/c1-15(2)20-14-29(13-12-26-20)18-7-5-17(6-8-18)10-11-27-23(30)22-21(25)19-9-4-16(3)28-24(19)31-22/h4-9,15,20,26H,10-14,25H2,1-3H3,(H,27,30)/t20-/m1/s1. The van der Waals surface area contributed by atoms with Gasteiger partial charge < -0.3 is 21.3 Å². The molecule has 0 aliphatic carbocycles. The Morgan fingerprint density at radius 3 is 2.81 bits per heavy atom. The van der Waals surface area contributed by atoms with E-state index in [2.05, 4.69) is 58.6 Å². The number of hydrogen-bond acceptors (Lipinski definition) is 6. The SMILES string of the molecule is Cc1ccc2c(N)c(C(=O)NCCc3ccc(N4CCN[C@@H](C(C)C)C4)cc3)sc2n1. The molecule has 3 aromatic rings. The number of nitrogens with two attached hydrogens (primary N) is 1. The molecule has 0 radical (unpaired) electrons. The summed E-state index contributed by atoms with van der Waals surface area (Å²) in [5.74, 6) is 0.496. The first-order valence-corrected chi connectivity index (χ1v) is 11.7. The number of benzene rings is 1. The molecule has 3 heterocycles. The molecule has 0 bridgehead atoms. The van der Waals surface area contributed by atoms with Gasteiger partial charge in [0.15, 0.2) is 0 Å². The summed E-state index contributed by atoms with van der Waals surface area (Å²) in [5.41, 5.74) is 10.1. The van der Waals surface area contributed by atoms with Crippen LogP contribution in [0.25, 0.3) is 10.2 Å². The second-order valence-corrected chi connectivity index (χ2v) is 9.57. The summed E-state index contributed by atoms with van der Waals surface area (Å²) in [6.45, 7) is 10.1. The first-order chi connectivity index (χ1) is 14.9. The molecule has 4 N–H and O–H groups in total. The molecule has 4 rings (SSSR count). The third-order valence-corrected chi connectivity index (χ3v) is 7.06. The summed E-state index contributed by atoms with van der Waals surface area (Å²) >= 11 is 1.35. The average Bonchev–Trinajstić information content (AvgIpc) is 3.10. The fourth-order valence-electron chi connectivity index (χ4n) is 3.99. The van der Waals surface area contributed by atoms with Crippen molar-refractivity contribution in [3.8, 4) is 0 Å². The van der Waals surface area contributed by atoms with Crippen LogP contribution in [0.15, 0.2) is 36.4 Å². The van der Waals surface area contributed by atoms with E-state index in [1.54, 1.807) is 0 Å². The molecule has 1 aliphatic heterocycles. The first kappa shape index (κ1) is 21.6. The van der Waals surface area contributed by atoms with Crippen molar-refractivity contribution >= 4 is 38.8 Å². The zero-order chi connectivity index (χ0) is 22.0. The van der Waals surface area contributed by atoms with Crippen molar-refractivity contribution in [2.24, 2.45) is 5.92 Å². The van der Waals surface area contributed by atoms with E-state index < -0.39 is 0 Å². The number of pyridine rings is 1. The third kappa shape index (κ3) is 4.83. The molecule has 0 spiro atoms. The third-order valence-electron chi connectivity index (χ3n) is 5.95. The van der Waals surface area contributed by atoms with Gasteiger partial charge in [0.1, 0.15) is 9.71 Å². The summed E-state index contributed by atoms with van der Waals surface area (Å²) in [5, 5.41) is 7.46. The number of hydrogen-bond donors (Lipinski definition) is 3. The van der Waals surface area contributed by atoms with E-state index in [-0.39, 0.29) is 5.91 Å². The van der Waals surface area contributed by atoms with Crippen molar-refractivity contribution in [3.05, 3.63) is 52.5 Å². The molecule has 31 heavy (non-hydrogen) atoms. The highest BCUT2D eigenvalue weighted by atomic mass is 32.1. The number of carbonyl (C=O) groups is 1. The number of carbonyl (C=O) groups excluding carboxylic acids is 1. The van der Waals surface area contributed by atoms with Gasteiger partial charge in [-0.15, -0.1) is 11.3 Å². The van der Waals surface area contributed by atoms with Crippen LogP contribution in [0.3, 0.4) is 0 Å². The minimum Gasteiger partial charge on any atom is -0.397 e. The zero-order valence-electron chi connectivity index (χ0n) is 18.4. The van der Waals surface area contributed by atoms with Crippen molar-refractivity contribution in [2.45, 2.75) is 33.2 Å². The maximum absolute atomic E-state index is 12.6. The Kier molecular flexibility index (Phi) is 6.43. The summed E-state index contributed by atoms with van der Waals surface area (Å²) in [7, 11) is 0. The minimum absolute atomic E-state index is 0.129. The summed E-state index contributed by atoms with van der Waals surface area (Å²) in [4.78, 5) is 20.9. The highest BCUT2D eigenvalue weighted by molar-refractivity contribution is 7.21. The number of amides is 1. The van der Waals surface area contributed by atoms with Gasteiger partial charge in [-0.25, -0.2) is 4.98 Å². The predicted octanol–water partition coefficient (Wildman–Crippen LogP) is 3.59. The van der Waals surface area contributed by atoms with Crippen LogP contribution in [-0.2, 0) is 6.42 Å². The van der Waals surface area contributed by atoms with E-state index in [1.165, 1.54) is 22.6 Å². The lowest BCUT2D eigenvalue weighted by Gasteiger charge is -2.37. The molecular formula is C24H31N5OS. The van der Waals surface area contributed by atoms with Crippen LogP contribution in [0.4, 0.5) is 11.4 Å². The van der Waals surface area contributed by atoms with Crippen molar-refractivity contribution in [1.29, 1.82) is 0 Å². The average molecular weight is 438 g/mol. The smallest absolute Gasteiger partial charge is 0.263 e. The number of fused-ring (bicyclic) bond motifs is 1. The quantitative estimate of drug-likeness (QED) is 0.549. The number of nitrogens with one attached hydrogen (secondary N) is 2. The van der Waals surface area contributed by atoms with Gasteiger partial charge in [-0.05, 0) is 49.1 Å². The number of nitrogen functional groups attached to an aromatic ring is 1. The topological polar surface area (TPSA) is 83.3 Å². The zero-order valence-corrected chi connectivity index (χ0v) is 19.3. The van der Waals surface area contributed by atoms with Gasteiger partial charge in [0, 0.05) is 49.0 Å². The summed E-state index contributed by atoms with van der Waals surface area (Å²) < 4.78 is 0.